The molecule has 82 valence electrons. The SMILES string of the molecule is C=CCCOCCC(OCC)C(=O)O. The third-order valence-electron chi connectivity index (χ3n) is 1.63. The molecule has 0 aromatic rings. The molecule has 1 N–H and O–H groups in total. The Hall–Kier alpha value is -0.870. The van der Waals surface area contributed by atoms with Crippen LogP contribution < -0.4 is 0 Å². The molecule has 0 bridgehead atoms. The summed E-state index contributed by atoms with van der Waals surface area (Å²) in [5, 5.41) is 8.71. The first-order valence-electron chi connectivity index (χ1n) is 4.75. The summed E-state index contributed by atoms with van der Waals surface area (Å²) < 4.78 is 10.2. The van der Waals surface area contributed by atoms with Crippen molar-refractivity contribution in [3.8, 4) is 0 Å². The summed E-state index contributed by atoms with van der Waals surface area (Å²) in [6.45, 7) is 6.72. The normalized spacial score (nSPS) is 12.4. The van der Waals surface area contributed by atoms with Crippen LogP contribution in [0.3, 0.4) is 0 Å². The van der Waals surface area contributed by atoms with Crippen molar-refractivity contribution in [3.63, 3.8) is 0 Å². The van der Waals surface area contributed by atoms with Crippen molar-refractivity contribution in [2.45, 2.75) is 25.9 Å². The first-order valence-corrected chi connectivity index (χ1v) is 4.75. The van der Waals surface area contributed by atoms with E-state index in [0.717, 1.165) is 6.42 Å². The molecule has 0 spiro atoms. The van der Waals surface area contributed by atoms with Crippen LogP contribution in [0.5, 0.6) is 0 Å². The van der Waals surface area contributed by atoms with E-state index in [4.69, 9.17) is 14.6 Å². The summed E-state index contributed by atoms with van der Waals surface area (Å²) in [5.41, 5.74) is 0. The number of hydrogen-bond donors (Lipinski definition) is 1. The lowest BCUT2D eigenvalue weighted by Gasteiger charge is -2.11. The van der Waals surface area contributed by atoms with Gasteiger partial charge >= 0.3 is 5.97 Å². The molecule has 1 atom stereocenters. The minimum absolute atomic E-state index is 0.389. The highest BCUT2D eigenvalue weighted by Crippen LogP contribution is 1.99. The van der Waals surface area contributed by atoms with Crippen LogP contribution in [0, 0.1) is 0 Å². The summed E-state index contributed by atoms with van der Waals surface area (Å²) in [6, 6.07) is 0. The van der Waals surface area contributed by atoms with Crippen molar-refractivity contribution in [1.29, 1.82) is 0 Å². The lowest BCUT2D eigenvalue weighted by Crippen LogP contribution is -2.25. The highest BCUT2D eigenvalue weighted by molar-refractivity contribution is 5.72. The molecule has 0 saturated heterocycles. The maximum Gasteiger partial charge on any atom is 0.332 e. The van der Waals surface area contributed by atoms with Gasteiger partial charge in [-0.3, -0.25) is 0 Å². The topological polar surface area (TPSA) is 55.8 Å². The van der Waals surface area contributed by atoms with Gasteiger partial charge in [0.2, 0.25) is 0 Å². The fourth-order valence-electron chi connectivity index (χ4n) is 0.938. The molecular weight excluding hydrogens is 184 g/mol. The minimum atomic E-state index is -0.931. The Morgan fingerprint density at radius 1 is 1.57 bits per heavy atom. The fraction of sp³-hybridized carbons (Fsp3) is 0.700. The number of rotatable bonds is 9. The Labute approximate surface area is 84.5 Å². The first-order chi connectivity index (χ1) is 6.72. The second-order valence-corrected chi connectivity index (χ2v) is 2.76. The van der Waals surface area contributed by atoms with E-state index in [1.807, 2.05) is 0 Å². The Balaban J connectivity index is 3.50. The van der Waals surface area contributed by atoms with Gasteiger partial charge in [-0.05, 0) is 13.3 Å². The lowest BCUT2D eigenvalue weighted by atomic mass is 10.2. The zero-order valence-electron chi connectivity index (χ0n) is 8.57. The predicted molar refractivity (Wildman–Crippen MR) is 53.3 cm³/mol. The van der Waals surface area contributed by atoms with Crippen molar-refractivity contribution < 1.29 is 19.4 Å². The molecule has 14 heavy (non-hydrogen) atoms. The highest BCUT2D eigenvalue weighted by atomic mass is 16.5. The van der Waals surface area contributed by atoms with Crippen LogP contribution in [0.15, 0.2) is 12.7 Å². The lowest BCUT2D eigenvalue weighted by molar-refractivity contribution is -0.151. The monoisotopic (exact) mass is 202 g/mol. The van der Waals surface area contributed by atoms with Gasteiger partial charge in [0.25, 0.3) is 0 Å². The summed E-state index contributed by atoms with van der Waals surface area (Å²) in [7, 11) is 0. The molecule has 0 amide bonds. The van der Waals surface area contributed by atoms with E-state index in [1.165, 1.54) is 0 Å². The second kappa shape index (κ2) is 8.72. The molecule has 0 aromatic carbocycles. The van der Waals surface area contributed by atoms with Crippen molar-refractivity contribution in [1.82, 2.24) is 0 Å². The molecule has 0 aliphatic carbocycles. The first kappa shape index (κ1) is 13.1. The number of hydrogen-bond acceptors (Lipinski definition) is 3. The Morgan fingerprint density at radius 3 is 2.79 bits per heavy atom. The van der Waals surface area contributed by atoms with E-state index in [2.05, 4.69) is 6.58 Å². The summed E-state index contributed by atoms with van der Waals surface area (Å²) >= 11 is 0. The molecule has 0 aliphatic rings. The zero-order valence-corrected chi connectivity index (χ0v) is 8.57. The molecule has 0 aliphatic heterocycles. The van der Waals surface area contributed by atoms with Gasteiger partial charge in [-0.1, -0.05) is 6.08 Å². The molecule has 0 heterocycles. The van der Waals surface area contributed by atoms with E-state index in [0.29, 0.717) is 26.2 Å². The number of carboxylic acids is 1. The third-order valence-corrected chi connectivity index (χ3v) is 1.63. The van der Waals surface area contributed by atoms with Gasteiger partial charge < -0.3 is 14.6 Å². The van der Waals surface area contributed by atoms with Gasteiger partial charge in [-0.2, -0.15) is 0 Å². The van der Waals surface area contributed by atoms with Crippen LogP contribution in [-0.4, -0.2) is 37.0 Å². The highest BCUT2D eigenvalue weighted by Gasteiger charge is 2.16. The predicted octanol–water partition coefficient (Wildman–Crippen LogP) is 1.46. The number of aliphatic carboxylic acids is 1. The molecule has 0 rings (SSSR count). The van der Waals surface area contributed by atoms with Gasteiger partial charge in [-0.25, -0.2) is 4.79 Å². The Bertz CT molecular complexity index is 168. The van der Waals surface area contributed by atoms with Gasteiger partial charge in [0.05, 0.1) is 0 Å². The van der Waals surface area contributed by atoms with Gasteiger partial charge in [0, 0.05) is 26.2 Å². The molecule has 0 radical (unpaired) electrons. The summed E-state index contributed by atoms with van der Waals surface area (Å²) in [6.07, 6.45) is 2.19. The number of carbonyl (C=O) groups is 1. The standard InChI is InChI=1S/C10H18O4/c1-3-5-7-13-8-6-9(10(11)12)14-4-2/h3,9H,1,4-8H2,2H3,(H,11,12). The summed E-state index contributed by atoms with van der Waals surface area (Å²) in [4.78, 5) is 10.6. The third kappa shape index (κ3) is 6.62. The van der Waals surface area contributed by atoms with Crippen LogP contribution in [0.2, 0.25) is 0 Å². The summed E-state index contributed by atoms with van der Waals surface area (Å²) in [5.74, 6) is -0.931. The van der Waals surface area contributed by atoms with Gasteiger partial charge in [0.1, 0.15) is 0 Å². The fourth-order valence-corrected chi connectivity index (χ4v) is 0.938. The van der Waals surface area contributed by atoms with E-state index in [1.54, 1.807) is 13.0 Å². The Kier molecular flexibility index (Phi) is 8.17. The van der Waals surface area contributed by atoms with Crippen molar-refractivity contribution in [2.75, 3.05) is 19.8 Å². The maximum absolute atomic E-state index is 10.6. The van der Waals surface area contributed by atoms with E-state index in [9.17, 15) is 4.79 Å². The van der Waals surface area contributed by atoms with E-state index >= 15 is 0 Å². The van der Waals surface area contributed by atoms with E-state index < -0.39 is 12.1 Å². The average Bonchev–Trinajstić information content (AvgIpc) is 2.15. The van der Waals surface area contributed by atoms with Crippen LogP contribution in [0.4, 0.5) is 0 Å². The molecule has 0 fully saturated rings. The number of ether oxygens (including phenoxy) is 2. The Morgan fingerprint density at radius 2 is 2.29 bits per heavy atom. The maximum atomic E-state index is 10.6. The van der Waals surface area contributed by atoms with Crippen molar-refractivity contribution >= 4 is 5.97 Å². The molecule has 1 unspecified atom stereocenters. The van der Waals surface area contributed by atoms with E-state index in [-0.39, 0.29) is 0 Å². The van der Waals surface area contributed by atoms with Crippen LogP contribution in [-0.2, 0) is 14.3 Å². The molecule has 0 saturated carbocycles. The average molecular weight is 202 g/mol. The number of carboxylic acid groups (broad SMARTS) is 1. The smallest absolute Gasteiger partial charge is 0.332 e. The molecule has 4 nitrogen and oxygen atoms in total. The van der Waals surface area contributed by atoms with Gasteiger partial charge in [0.15, 0.2) is 6.10 Å². The zero-order chi connectivity index (χ0) is 10.8. The molecule has 0 aromatic heterocycles. The van der Waals surface area contributed by atoms with Gasteiger partial charge in [-0.15, -0.1) is 6.58 Å². The van der Waals surface area contributed by atoms with Crippen LogP contribution >= 0.6 is 0 Å². The van der Waals surface area contributed by atoms with Crippen molar-refractivity contribution in [2.24, 2.45) is 0 Å². The van der Waals surface area contributed by atoms with Crippen molar-refractivity contribution in [3.05, 3.63) is 12.7 Å². The quantitative estimate of drug-likeness (QED) is 0.454. The van der Waals surface area contributed by atoms with Crippen LogP contribution in [0.25, 0.3) is 0 Å². The largest absolute Gasteiger partial charge is 0.479 e. The second-order valence-electron chi connectivity index (χ2n) is 2.76. The molecular formula is C10H18O4. The minimum Gasteiger partial charge on any atom is -0.479 e. The van der Waals surface area contributed by atoms with Crippen LogP contribution in [0.1, 0.15) is 19.8 Å². The molecule has 4 heteroatoms.